The van der Waals surface area contributed by atoms with Crippen LogP contribution in [0.3, 0.4) is 0 Å². The molecule has 0 aromatic heterocycles. The average Bonchev–Trinajstić information content (AvgIpc) is 2.70. The number of rotatable bonds is 8. The molecule has 0 fully saturated rings. The van der Waals surface area contributed by atoms with E-state index in [4.69, 9.17) is 19.9 Å². The largest absolute Gasteiger partial charge is 0.497 e. The highest BCUT2D eigenvalue weighted by Crippen LogP contribution is 2.29. The number of methoxy groups -OCH3 is 3. The second-order valence-corrected chi connectivity index (χ2v) is 5.45. The first-order chi connectivity index (χ1) is 13.1. The van der Waals surface area contributed by atoms with Gasteiger partial charge in [0.15, 0.2) is 17.5 Å². The van der Waals surface area contributed by atoms with Crippen molar-refractivity contribution in [2.45, 2.75) is 0 Å². The van der Waals surface area contributed by atoms with Crippen LogP contribution in [0.1, 0.15) is 10.4 Å². The number of hydrogen-bond donors (Lipinski definition) is 3. The van der Waals surface area contributed by atoms with Crippen molar-refractivity contribution in [3.63, 3.8) is 0 Å². The molecule has 144 valence electrons. The molecular formula is C19H24N4O4. The summed E-state index contributed by atoms with van der Waals surface area (Å²) in [5.41, 5.74) is 7.11. The Balaban J connectivity index is 1.84. The summed E-state index contributed by atoms with van der Waals surface area (Å²) >= 11 is 0. The third kappa shape index (κ3) is 5.81. The van der Waals surface area contributed by atoms with Crippen molar-refractivity contribution >= 4 is 17.6 Å². The Hall–Kier alpha value is -3.42. The number of nitrogens with one attached hydrogen (secondary N) is 2. The molecule has 0 aliphatic carbocycles. The summed E-state index contributed by atoms with van der Waals surface area (Å²) in [6, 6.07) is 12.3. The lowest BCUT2D eigenvalue weighted by Gasteiger charge is -2.11. The number of anilines is 1. The van der Waals surface area contributed by atoms with E-state index in [1.54, 1.807) is 63.8 Å². The second-order valence-electron chi connectivity index (χ2n) is 5.45. The van der Waals surface area contributed by atoms with E-state index in [0.29, 0.717) is 41.6 Å². The topological polar surface area (TPSA) is 107 Å². The normalized spacial score (nSPS) is 10.9. The molecule has 0 radical (unpaired) electrons. The third-order valence-electron chi connectivity index (χ3n) is 3.67. The Morgan fingerprint density at radius 2 is 1.81 bits per heavy atom. The summed E-state index contributed by atoms with van der Waals surface area (Å²) in [5, 5.41) is 5.75. The zero-order valence-electron chi connectivity index (χ0n) is 15.6. The Morgan fingerprint density at radius 3 is 2.52 bits per heavy atom. The number of guanidine groups is 1. The van der Waals surface area contributed by atoms with E-state index in [-0.39, 0.29) is 11.9 Å². The van der Waals surface area contributed by atoms with E-state index in [1.165, 1.54) is 0 Å². The summed E-state index contributed by atoms with van der Waals surface area (Å²) in [6.07, 6.45) is 0. The van der Waals surface area contributed by atoms with Gasteiger partial charge in [0.1, 0.15) is 5.75 Å². The molecule has 0 unspecified atom stereocenters. The standard InChI is InChI=1S/C19H24N4O4/c1-25-15-6-4-5-13(11-15)18(24)21-9-10-22-19(20)23-14-7-8-16(26-2)17(12-14)27-3/h4-8,11-12H,9-10H2,1-3H3,(H,21,24)(H3,20,22,23). The molecule has 2 rings (SSSR count). The molecule has 0 aliphatic rings. The number of carbonyl (C=O) groups excluding carboxylic acids is 1. The summed E-state index contributed by atoms with van der Waals surface area (Å²) < 4.78 is 15.5. The van der Waals surface area contributed by atoms with Crippen LogP contribution in [0, 0.1) is 0 Å². The Kier molecular flexibility index (Phi) is 7.30. The van der Waals surface area contributed by atoms with E-state index in [0.717, 1.165) is 0 Å². The molecule has 8 nitrogen and oxygen atoms in total. The van der Waals surface area contributed by atoms with Crippen LogP contribution in [-0.4, -0.2) is 46.3 Å². The summed E-state index contributed by atoms with van der Waals surface area (Å²) in [5.74, 6) is 1.87. The fraction of sp³-hybridized carbons (Fsp3) is 0.263. The van der Waals surface area contributed by atoms with E-state index >= 15 is 0 Å². The molecule has 0 spiro atoms. The molecular weight excluding hydrogens is 348 g/mol. The van der Waals surface area contributed by atoms with Crippen molar-refractivity contribution in [2.75, 3.05) is 39.7 Å². The zero-order valence-corrected chi connectivity index (χ0v) is 15.6. The number of ether oxygens (including phenoxy) is 3. The van der Waals surface area contributed by atoms with Gasteiger partial charge in [0.2, 0.25) is 0 Å². The molecule has 8 heteroatoms. The van der Waals surface area contributed by atoms with Gasteiger partial charge >= 0.3 is 0 Å². The molecule has 2 aromatic carbocycles. The van der Waals surface area contributed by atoms with Gasteiger partial charge in [-0.1, -0.05) is 6.07 Å². The highest BCUT2D eigenvalue weighted by atomic mass is 16.5. The van der Waals surface area contributed by atoms with Crippen LogP contribution < -0.4 is 30.6 Å². The Morgan fingerprint density at radius 1 is 1.04 bits per heavy atom. The molecule has 2 aromatic rings. The first-order valence-electron chi connectivity index (χ1n) is 8.28. The molecule has 0 heterocycles. The van der Waals surface area contributed by atoms with Crippen LogP contribution in [0.15, 0.2) is 47.5 Å². The minimum absolute atomic E-state index is 0.199. The maximum atomic E-state index is 12.1. The molecule has 4 N–H and O–H groups in total. The van der Waals surface area contributed by atoms with Gasteiger partial charge < -0.3 is 30.6 Å². The molecule has 1 amide bonds. The van der Waals surface area contributed by atoms with Gasteiger partial charge in [-0.3, -0.25) is 9.79 Å². The van der Waals surface area contributed by atoms with Crippen molar-refractivity contribution in [1.29, 1.82) is 0 Å². The summed E-state index contributed by atoms with van der Waals surface area (Å²) in [7, 11) is 4.69. The maximum Gasteiger partial charge on any atom is 0.251 e. The summed E-state index contributed by atoms with van der Waals surface area (Å²) in [6.45, 7) is 0.687. The number of nitrogens with zero attached hydrogens (tertiary/aromatic N) is 1. The lowest BCUT2D eigenvalue weighted by atomic mass is 10.2. The Bertz CT molecular complexity index is 808. The van der Waals surface area contributed by atoms with Gasteiger partial charge in [-0.05, 0) is 30.3 Å². The second kappa shape index (κ2) is 9.91. The minimum Gasteiger partial charge on any atom is -0.497 e. The van der Waals surface area contributed by atoms with E-state index in [1.807, 2.05) is 0 Å². The van der Waals surface area contributed by atoms with Crippen molar-refractivity contribution in [1.82, 2.24) is 5.32 Å². The van der Waals surface area contributed by atoms with Gasteiger partial charge in [-0.2, -0.15) is 0 Å². The maximum absolute atomic E-state index is 12.1. The molecule has 0 saturated carbocycles. The third-order valence-corrected chi connectivity index (χ3v) is 3.67. The van der Waals surface area contributed by atoms with E-state index in [9.17, 15) is 4.79 Å². The first-order valence-corrected chi connectivity index (χ1v) is 8.28. The predicted octanol–water partition coefficient (Wildman–Crippen LogP) is 1.87. The minimum atomic E-state index is -0.199. The molecule has 0 atom stereocenters. The smallest absolute Gasteiger partial charge is 0.251 e. The predicted molar refractivity (Wildman–Crippen MR) is 105 cm³/mol. The first kappa shape index (κ1) is 19.9. The molecule has 0 bridgehead atoms. The zero-order chi connectivity index (χ0) is 19.6. The van der Waals surface area contributed by atoms with Crippen molar-refractivity contribution < 1.29 is 19.0 Å². The van der Waals surface area contributed by atoms with Crippen LogP contribution in [0.25, 0.3) is 0 Å². The van der Waals surface area contributed by atoms with Crippen LogP contribution in [0.5, 0.6) is 17.2 Å². The molecule has 0 aliphatic heterocycles. The number of aliphatic imine (C=N–C) groups is 1. The van der Waals surface area contributed by atoms with E-state index in [2.05, 4.69) is 15.6 Å². The van der Waals surface area contributed by atoms with Crippen LogP contribution in [0.2, 0.25) is 0 Å². The van der Waals surface area contributed by atoms with Crippen LogP contribution >= 0.6 is 0 Å². The van der Waals surface area contributed by atoms with Crippen molar-refractivity contribution in [3.05, 3.63) is 48.0 Å². The monoisotopic (exact) mass is 372 g/mol. The van der Waals surface area contributed by atoms with Crippen molar-refractivity contribution in [2.24, 2.45) is 10.7 Å². The van der Waals surface area contributed by atoms with Gasteiger partial charge in [-0.25, -0.2) is 0 Å². The average molecular weight is 372 g/mol. The highest BCUT2D eigenvalue weighted by molar-refractivity contribution is 5.94. The number of amides is 1. The number of nitrogens with two attached hydrogens (primary N) is 1. The molecule has 0 saturated heterocycles. The Labute approximate surface area is 158 Å². The quantitative estimate of drug-likeness (QED) is 0.371. The SMILES string of the molecule is COc1cccc(C(=O)NCCN=C(N)Nc2ccc(OC)c(OC)c2)c1. The van der Waals surface area contributed by atoms with Gasteiger partial charge in [0.25, 0.3) is 5.91 Å². The van der Waals surface area contributed by atoms with Crippen molar-refractivity contribution in [3.8, 4) is 17.2 Å². The lowest BCUT2D eigenvalue weighted by molar-refractivity contribution is 0.0954. The van der Waals surface area contributed by atoms with Gasteiger partial charge in [-0.15, -0.1) is 0 Å². The van der Waals surface area contributed by atoms with Gasteiger partial charge in [0.05, 0.1) is 27.9 Å². The summed E-state index contributed by atoms with van der Waals surface area (Å²) in [4.78, 5) is 16.3. The van der Waals surface area contributed by atoms with E-state index < -0.39 is 0 Å². The number of hydrogen-bond acceptors (Lipinski definition) is 5. The van der Waals surface area contributed by atoms with Gasteiger partial charge in [0, 0.05) is 23.9 Å². The fourth-order valence-corrected chi connectivity index (χ4v) is 2.31. The fourth-order valence-electron chi connectivity index (χ4n) is 2.31. The van der Waals surface area contributed by atoms with Crippen LogP contribution in [0.4, 0.5) is 5.69 Å². The van der Waals surface area contributed by atoms with Crippen LogP contribution in [-0.2, 0) is 0 Å². The lowest BCUT2D eigenvalue weighted by Crippen LogP contribution is -2.28. The molecule has 27 heavy (non-hydrogen) atoms. The number of benzene rings is 2. The number of carbonyl (C=O) groups is 1. The highest BCUT2D eigenvalue weighted by Gasteiger charge is 2.06.